The van der Waals surface area contributed by atoms with E-state index in [1.807, 2.05) is 0 Å². The molecule has 0 saturated heterocycles. The Kier molecular flexibility index (Phi) is 3.76. The van der Waals surface area contributed by atoms with E-state index in [0.717, 1.165) is 25.7 Å². The van der Waals surface area contributed by atoms with Crippen LogP contribution in [0, 0.1) is 0 Å². The van der Waals surface area contributed by atoms with Crippen molar-refractivity contribution in [3.8, 4) is 5.75 Å². The third kappa shape index (κ3) is 2.42. The summed E-state index contributed by atoms with van der Waals surface area (Å²) in [5.74, 6) is 0.124. The molecule has 6 heteroatoms. The number of hydrogen-bond donors (Lipinski definition) is 1. The minimum Gasteiger partial charge on any atom is -0.464 e. The second-order valence-corrected chi connectivity index (χ2v) is 6.13. The summed E-state index contributed by atoms with van der Waals surface area (Å²) in [6.45, 7) is 1.53. The van der Waals surface area contributed by atoms with Crippen LogP contribution in [0.3, 0.4) is 0 Å². The van der Waals surface area contributed by atoms with Crippen LogP contribution in [0.1, 0.15) is 39.0 Å². The summed E-state index contributed by atoms with van der Waals surface area (Å²) in [5.41, 5.74) is -1.54. The first-order chi connectivity index (χ1) is 10.5. The van der Waals surface area contributed by atoms with E-state index in [9.17, 15) is 9.59 Å². The second-order valence-electron chi connectivity index (χ2n) is 6.13. The van der Waals surface area contributed by atoms with Crippen molar-refractivity contribution in [3.05, 3.63) is 18.3 Å². The lowest BCUT2D eigenvalue weighted by Crippen LogP contribution is -2.62. The van der Waals surface area contributed by atoms with Crippen molar-refractivity contribution in [3.63, 3.8) is 0 Å². The lowest BCUT2D eigenvalue weighted by Gasteiger charge is -2.38. The van der Waals surface area contributed by atoms with Crippen LogP contribution >= 0.6 is 0 Å². The topological polar surface area (TPSA) is 71.5 Å². The number of aromatic nitrogens is 1. The summed E-state index contributed by atoms with van der Waals surface area (Å²) in [4.78, 5) is 30.8. The maximum atomic E-state index is 12.6. The molecule has 2 amide bonds. The fourth-order valence-electron chi connectivity index (χ4n) is 3.11. The van der Waals surface area contributed by atoms with Crippen molar-refractivity contribution >= 4 is 17.6 Å². The number of amides is 2. The molecule has 1 aromatic rings. The zero-order valence-electron chi connectivity index (χ0n) is 13.0. The third-order valence-corrected chi connectivity index (χ3v) is 4.47. The quantitative estimate of drug-likeness (QED) is 0.843. The van der Waals surface area contributed by atoms with Gasteiger partial charge in [0.25, 0.3) is 17.4 Å². The maximum Gasteiger partial charge on any atom is 0.281 e. The van der Waals surface area contributed by atoms with Gasteiger partial charge in [0.2, 0.25) is 0 Å². The molecule has 6 nitrogen and oxygen atoms in total. The number of fused-ring (bicyclic) bond motifs is 1. The summed E-state index contributed by atoms with van der Waals surface area (Å²) < 4.78 is 5.74. The number of nitrogens with zero attached hydrogens (tertiary/aromatic N) is 2. The molecule has 1 fully saturated rings. The number of nitrogens with one attached hydrogen (secondary N) is 1. The molecular weight excluding hydrogens is 282 g/mol. The highest BCUT2D eigenvalue weighted by molar-refractivity contribution is 6.15. The van der Waals surface area contributed by atoms with Crippen molar-refractivity contribution in [1.82, 2.24) is 10.3 Å². The fourth-order valence-corrected chi connectivity index (χ4v) is 3.11. The van der Waals surface area contributed by atoms with Crippen LogP contribution in [0.5, 0.6) is 5.75 Å². The van der Waals surface area contributed by atoms with E-state index in [0.29, 0.717) is 11.6 Å². The second kappa shape index (κ2) is 5.59. The van der Waals surface area contributed by atoms with E-state index < -0.39 is 11.5 Å². The molecule has 0 bridgehead atoms. The first kappa shape index (κ1) is 14.8. The molecule has 1 unspecified atom stereocenters. The van der Waals surface area contributed by atoms with Gasteiger partial charge < -0.3 is 10.1 Å². The molecular formula is C16H21N3O3. The van der Waals surface area contributed by atoms with Crippen LogP contribution in [-0.2, 0) is 9.59 Å². The monoisotopic (exact) mass is 303 g/mol. The van der Waals surface area contributed by atoms with Crippen LogP contribution < -0.4 is 15.0 Å². The molecule has 2 heterocycles. The minimum absolute atomic E-state index is 0.134. The predicted molar refractivity (Wildman–Crippen MR) is 81.7 cm³/mol. The van der Waals surface area contributed by atoms with E-state index in [4.69, 9.17) is 4.74 Å². The summed E-state index contributed by atoms with van der Waals surface area (Å²) in [7, 11) is 1.61. The van der Waals surface area contributed by atoms with Gasteiger partial charge in [0.05, 0.1) is 0 Å². The maximum absolute atomic E-state index is 12.6. The van der Waals surface area contributed by atoms with Crippen molar-refractivity contribution in [2.75, 3.05) is 11.9 Å². The van der Waals surface area contributed by atoms with Gasteiger partial charge >= 0.3 is 0 Å². The number of carbonyl (C=O) groups excluding carboxylic acids is 2. The zero-order chi connectivity index (χ0) is 15.7. The number of ether oxygens (including phenoxy) is 1. The van der Waals surface area contributed by atoms with Crippen LogP contribution in [-0.4, -0.2) is 35.5 Å². The van der Waals surface area contributed by atoms with Gasteiger partial charge in [-0.05, 0) is 31.9 Å². The van der Waals surface area contributed by atoms with Crippen LogP contribution in [0.2, 0.25) is 0 Å². The van der Waals surface area contributed by atoms with Crippen LogP contribution in [0.4, 0.5) is 5.82 Å². The number of hydrogen-bond acceptors (Lipinski definition) is 4. The van der Waals surface area contributed by atoms with Gasteiger partial charge in [0.15, 0.2) is 11.6 Å². The Balaban J connectivity index is 1.82. The molecule has 3 rings (SSSR count). The Morgan fingerprint density at radius 1 is 1.41 bits per heavy atom. The molecule has 1 aliphatic carbocycles. The third-order valence-electron chi connectivity index (χ3n) is 4.47. The lowest BCUT2D eigenvalue weighted by atomic mass is 9.94. The van der Waals surface area contributed by atoms with Crippen molar-refractivity contribution in [1.29, 1.82) is 0 Å². The molecule has 1 saturated carbocycles. The first-order valence-electron chi connectivity index (χ1n) is 7.75. The molecule has 0 radical (unpaired) electrons. The zero-order valence-corrected chi connectivity index (χ0v) is 13.0. The smallest absolute Gasteiger partial charge is 0.281 e. The van der Waals surface area contributed by atoms with Gasteiger partial charge in [-0.15, -0.1) is 0 Å². The molecule has 0 spiro atoms. The van der Waals surface area contributed by atoms with E-state index in [2.05, 4.69) is 10.3 Å². The van der Waals surface area contributed by atoms with Gasteiger partial charge in [-0.3, -0.25) is 14.5 Å². The molecule has 1 aromatic heterocycles. The standard InChI is InChI=1S/C16H21N3O3/c1-16(14(20)18-11-7-4-3-5-8-11)15(21)19(2)13-12(22-16)9-6-10-17-13/h6,9-11H,3-5,7-8H2,1-2H3,(H,18,20). The van der Waals surface area contributed by atoms with Gasteiger partial charge in [-0.2, -0.15) is 0 Å². The van der Waals surface area contributed by atoms with E-state index in [1.165, 1.54) is 18.2 Å². The van der Waals surface area contributed by atoms with E-state index in [-0.39, 0.29) is 11.9 Å². The van der Waals surface area contributed by atoms with Crippen LogP contribution in [0.25, 0.3) is 0 Å². The number of pyridine rings is 1. The Bertz CT molecular complexity index is 598. The molecule has 1 N–H and O–H groups in total. The average Bonchev–Trinajstić information content (AvgIpc) is 2.54. The van der Waals surface area contributed by atoms with Gasteiger partial charge in [0, 0.05) is 19.3 Å². The van der Waals surface area contributed by atoms with Crippen molar-refractivity contribution in [2.45, 2.75) is 50.7 Å². The first-order valence-corrected chi connectivity index (χ1v) is 7.75. The predicted octanol–water partition coefficient (Wildman–Crippen LogP) is 1.64. The van der Waals surface area contributed by atoms with E-state index in [1.54, 1.807) is 25.4 Å². The molecule has 1 aliphatic heterocycles. The fraction of sp³-hybridized carbons (Fsp3) is 0.562. The Morgan fingerprint density at radius 2 is 2.14 bits per heavy atom. The number of rotatable bonds is 2. The lowest BCUT2D eigenvalue weighted by molar-refractivity contribution is -0.148. The number of anilines is 1. The average molecular weight is 303 g/mol. The molecule has 0 aromatic carbocycles. The van der Waals surface area contributed by atoms with Gasteiger partial charge in [-0.25, -0.2) is 4.98 Å². The molecule has 118 valence electrons. The molecule has 2 aliphatic rings. The largest absolute Gasteiger partial charge is 0.464 e. The number of likely N-dealkylation sites (N-methyl/N-ethyl adjacent to an activating group) is 1. The van der Waals surface area contributed by atoms with Crippen molar-refractivity contribution in [2.24, 2.45) is 0 Å². The summed E-state index contributed by atoms with van der Waals surface area (Å²) in [6.07, 6.45) is 6.96. The summed E-state index contributed by atoms with van der Waals surface area (Å²) in [5, 5.41) is 2.98. The van der Waals surface area contributed by atoms with Crippen LogP contribution in [0.15, 0.2) is 18.3 Å². The highest BCUT2D eigenvalue weighted by Gasteiger charge is 2.50. The molecule has 22 heavy (non-hydrogen) atoms. The summed E-state index contributed by atoms with van der Waals surface area (Å²) >= 11 is 0. The van der Waals surface area contributed by atoms with Gasteiger partial charge in [-0.1, -0.05) is 19.3 Å². The van der Waals surface area contributed by atoms with Gasteiger partial charge in [0.1, 0.15) is 0 Å². The van der Waals surface area contributed by atoms with E-state index >= 15 is 0 Å². The Labute approximate surface area is 129 Å². The number of carbonyl (C=O) groups is 2. The minimum atomic E-state index is -1.54. The summed E-state index contributed by atoms with van der Waals surface area (Å²) in [6, 6.07) is 3.58. The highest BCUT2D eigenvalue weighted by atomic mass is 16.5. The highest BCUT2D eigenvalue weighted by Crippen LogP contribution is 2.35. The van der Waals surface area contributed by atoms with Crippen molar-refractivity contribution < 1.29 is 14.3 Å². The Morgan fingerprint density at radius 3 is 2.86 bits per heavy atom. The Hall–Kier alpha value is -2.11. The SMILES string of the molecule is CN1C(=O)C(C)(C(=O)NC2CCCCC2)Oc2cccnc21. The normalized spacial score (nSPS) is 25.4. The molecule has 1 atom stereocenters.